The SMILES string of the molecule is O=C([O-])CNC(=O)N1c2cc3c(n2C(=O)C[S+]1O)CCCCC3. The minimum atomic E-state index is -1.61. The summed E-state index contributed by atoms with van der Waals surface area (Å²) >= 11 is -1.61. The molecule has 1 atom stereocenters. The fourth-order valence-corrected chi connectivity index (χ4v) is 4.14. The molecule has 1 aliphatic carbocycles. The zero-order valence-electron chi connectivity index (χ0n) is 12.4. The number of amides is 2. The van der Waals surface area contributed by atoms with Crippen molar-refractivity contribution in [3.63, 3.8) is 0 Å². The quantitative estimate of drug-likeness (QED) is 0.566. The Morgan fingerprint density at radius 1 is 1.30 bits per heavy atom. The predicted molar refractivity (Wildman–Crippen MR) is 82.1 cm³/mol. The number of rotatable bonds is 2. The molecule has 0 fully saturated rings. The first kappa shape index (κ1) is 15.9. The Labute approximate surface area is 135 Å². The summed E-state index contributed by atoms with van der Waals surface area (Å²) in [4.78, 5) is 35.0. The van der Waals surface area contributed by atoms with Crippen molar-refractivity contribution in [1.82, 2.24) is 9.88 Å². The lowest BCUT2D eigenvalue weighted by Crippen LogP contribution is -2.52. The van der Waals surface area contributed by atoms with E-state index in [0.29, 0.717) is 5.82 Å². The molecular weight excluding hydrogens is 322 g/mol. The van der Waals surface area contributed by atoms with Crippen molar-refractivity contribution in [3.8, 4) is 0 Å². The van der Waals surface area contributed by atoms with Crippen LogP contribution in [0.5, 0.6) is 0 Å². The molecule has 1 aromatic heterocycles. The molecule has 3 rings (SSSR count). The Kier molecular flexibility index (Phi) is 4.31. The van der Waals surface area contributed by atoms with Gasteiger partial charge in [0.1, 0.15) is 0 Å². The lowest BCUT2D eigenvalue weighted by atomic mass is 10.1. The van der Waals surface area contributed by atoms with E-state index in [9.17, 15) is 24.0 Å². The number of nitrogens with one attached hydrogen (secondary N) is 1. The predicted octanol–water partition coefficient (Wildman–Crippen LogP) is -0.317. The van der Waals surface area contributed by atoms with Gasteiger partial charge in [0.15, 0.2) is 5.82 Å². The third-order valence-corrected chi connectivity index (χ3v) is 5.30. The van der Waals surface area contributed by atoms with Crippen molar-refractivity contribution in [2.75, 3.05) is 16.6 Å². The van der Waals surface area contributed by atoms with Crippen LogP contribution in [0.4, 0.5) is 10.6 Å². The summed E-state index contributed by atoms with van der Waals surface area (Å²) in [5.41, 5.74) is 1.92. The van der Waals surface area contributed by atoms with E-state index in [0.717, 1.165) is 47.7 Å². The molecule has 0 bridgehead atoms. The van der Waals surface area contributed by atoms with Crippen LogP contribution >= 0.6 is 0 Å². The zero-order chi connectivity index (χ0) is 16.6. The van der Waals surface area contributed by atoms with Gasteiger partial charge >= 0.3 is 6.03 Å². The molecule has 1 aliphatic heterocycles. The third-order valence-electron chi connectivity index (χ3n) is 4.02. The molecular formula is C14H17N3O5S. The second-order valence-corrected chi connectivity index (χ2v) is 6.91. The summed E-state index contributed by atoms with van der Waals surface area (Å²) in [5.74, 6) is -1.53. The fraction of sp³-hybridized carbons (Fsp3) is 0.500. The van der Waals surface area contributed by atoms with Crippen LogP contribution in [0.25, 0.3) is 0 Å². The number of anilines is 1. The molecule has 0 aromatic carbocycles. The number of aliphatic carboxylic acids is 1. The number of carboxylic acid groups (broad SMARTS) is 1. The van der Waals surface area contributed by atoms with Gasteiger partial charge in [-0.15, -0.1) is 0 Å². The lowest BCUT2D eigenvalue weighted by molar-refractivity contribution is -0.303. The number of nitrogens with zero attached hydrogens (tertiary/aromatic N) is 2. The number of hydrogen-bond donors (Lipinski definition) is 2. The summed E-state index contributed by atoms with van der Waals surface area (Å²) in [6.07, 6.45) is 4.68. The van der Waals surface area contributed by atoms with Crippen molar-refractivity contribution in [3.05, 3.63) is 17.3 Å². The number of urea groups is 1. The van der Waals surface area contributed by atoms with Crippen LogP contribution in [0.1, 0.15) is 35.3 Å². The van der Waals surface area contributed by atoms with E-state index in [4.69, 9.17) is 0 Å². The van der Waals surface area contributed by atoms with Crippen molar-refractivity contribution in [2.24, 2.45) is 0 Å². The standard InChI is InChI=1S/C14H17N3O5S/c18-12-8-23(22)17(14(21)15-7-13(19)20)11-6-9-4-2-1-3-5-10(9)16(11)12/h6,22H,1-5,7-8H2,(H-,15,19,20,21). The van der Waals surface area contributed by atoms with Gasteiger partial charge in [-0.25, -0.2) is 4.79 Å². The number of carbonyl (C=O) groups excluding carboxylic acids is 3. The minimum absolute atomic E-state index is 0.188. The van der Waals surface area contributed by atoms with Gasteiger partial charge in [0, 0.05) is 5.69 Å². The van der Waals surface area contributed by atoms with Gasteiger partial charge < -0.3 is 15.2 Å². The highest BCUT2D eigenvalue weighted by Gasteiger charge is 2.46. The largest absolute Gasteiger partial charge is 0.548 e. The van der Waals surface area contributed by atoms with E-state index >= 15 is 0 Å². The number of hydrogen-bond acceptors (Lipinski definition) is 5. The van der Waals surface area contributed by atoms with Gasteiger partial charge in [-0.2, -0.15) is 4.55 Å². The molecule has 1 unspecified atom stereocenters. The summed E-state index contributed by atoms with van der Waals surface area (Å²) < 4.78 is 12.7. The van der Waals surface area contributed by atoms with Gasteiger partial charge in [0.25, 0.3) is 17.3 Å². The maximum absolute atomic E-state index is 12.3. The van der Waals surface area contributed by atoms with Gasteiger partial charge in [0.2, 0.25) is 5.75 Å². The van der Waals surface area contributed by atoms with Gasteiger partial charge in [-0.05, 0) is 37.3 Å². The molecule has 2 N–H and O–H groups in total. The molecule has 2 heterocycles. The molecule has 124 valence electrons. The first-order valence-corrected chi connectivity index (χ1v) is 8.74. The molecule has 1 aromatic rings. The van der Waals surface area contributed by atoms with Crippen molar-refractivity contribution in [1.29, 1.82) is 0 Å². The average molecular weight is 339 g/mol. The number of carboxylic acids is 1. The third kappa shape index (κ3) is 2.93. The lowest BCUT2D eigenvalue weighted by Gasteiger charge is -2.23. The molecule has 8 nitrogen and oxygen atoms in total. The Bertz CT molecular complexity index is 672. The van der Waals surface area contributed by atoms with Crippen LogP contribution in [-0.2, 0) is 29.0 Å². The molecule has 9 heteroatoms. The van der Waals surface area contributed by atoms with Crippen LogP contribution in [0, 0.1) is 0 Å². The van der Waals surface area contributed by atoms with Crippen LogP contribution < -0.4 is 14.7 Å². The molecule has 23 heavy (non-hydrogen) atoms. The highest BCUT2D eigenvalue weighted by Crippen LogP contribution is 2.33. The molecule has 2 amide bonds. The number of carbonyl (C=O) groups is 3. The van der Waals surface area contributed by atoms with Gasteiger partial charge in [-0.3, -0.25) is 9.36 Å². The molecule has 0 spiro atoms. The van der Waals surface area contributed by atoms with E-state index in [1.54, 1.807) is 6.07 Å². The fourth-order valence-electron chi connectivity index (χ4n) is 3.05. The molecule has 2 aliphatic rings. The topological polar surface area (TPSA) is 115 Å². The maximum Gasteiger partial charge on any atom is 0.367 e. The van der Waals surface area contributed by atoms with E-state index in [-0.39, 0.29) is 11.7 Å². The van der Waals surface area contributed by atoms with Gasteiger partial charge in [0.05, 0.1) is 12.5 Å². The Morgan fingerprint density at radius 3 is 2.78 bits per heavy atom. The smallest absolute Gasteiger partial charge is 0.367 e. The highest BCUT2D eigenvalue weighted by atomic mass is 32.2. The Balaban J connectivity index is 1.97. The second-order valence-electron chi connectivity index (χ2n) is 5.57. The average Bonchev–Trinajstić information content (AvgIpc) is 2.68. The number of aryl methyl sites for hydroxylation is 1. The van der Waals surface area contributed by atoms with E-state index in [1.807, 2.05) is 0 Å². The maximum atomic E-state index is 12.3. The zero-order valence-corrected chi connectivity index (χ0v) is 13.2. The monoisotopic (exact) mass is 339 g/mol. The van der Waals surface area contributed by atoms with Crippen molar-refractivity contribution < 1.29 is 24.0 Å². The second kappa shape index (κ2) is 6.25. The van der Waals surface area contributed by atoms with E-state index < -0.39 is 29.9 Å². The van der Waals surface area contributed by atoms with Crippen molar-refractivity contribution in [2.45, 2.75) is 32.1 Å². The summed E-state index contributed by atoms with van der Waals surface area (Å²) in [7, 11) is 0. The van der Waals surface area contributed by atoms with Crippen LogP contribution in [-0.4, -0.2) is 39.3 Å². The van der Waals surface area contributed by atoms with E-state index in [2.05, 4.69) is 5.32 Å². The highest BCUT2D eigenvalue weighted by molar-refractivity contribution is 7.94. The normalized spacial score (nSPS) is 20.5. The minimum Gasteiger partial charge on any atom is -0.548 e. The summed E-state index contributed by atoms with van der Waals surface area (Å²) in [5, 5.41) is 12.7. The Hall–Kier alpha value is -2.00. The molecule has 0 radical (unpaired) electrons. The van der Waals surface area contributed by atoms with E-state index in [1.165, 1.54) is 4.57 Å². The molecule has 0 saturated carbocycles. The Morgan fingerprint density at radius 2 is 2.04 bits per heavy atom. The number of fused-ring (bicyclic) bond motifs is 3. The summed E-state index contributed by atoms with van der Waals surface area (Å²) in [6.45, 7) is -0.652. The first-order chi connectivity index (χ1) is 11.0. The first-order valence-electron chi connectivity index (χ1n) is 7.43. The van der Waals surface area contributed by atoms with Gasteiger partial charge in [-0.1, -0.05) is 10.7 Å². The number of aromatic nitrogens is 1. The molecule has 0 saturated heterocycles. The van der Waals surface area contributed by atoms with Crippen LogP contribution in [0.2, 0.25) is 0 Å². The van der Waals surface area contributed by atoms with Crippen LogP contribution in [0.15, 0.2) is 6.07 Å². The van der Waals surface area contributed by atoms with Crippen LogP contribution in [0.3, 0.4) is 0 Å². The van der Waals surface area contributed by atoms with Crippen molar-refractivity contribution >= 4 is 35.1 Å². The summed E-state index contributed by atoms with van der Waals surface area (Å²) in [6, 6.07) is 1.01.